The summed E-state index contributed by atoms with van der Waals surface area (Å²) in [7, 11) is 4.16. The summed E-state index contributed by atoms with van der Waals surface area (Å²) in [4.78, 5) is 15.0. The van der Waals surface area contributed by atoms with Gasteiger partial charge in [0, 0.05) is 19.6 Å². The van der Waals surface area contributed by atoms with E-state index in [9.17, 15) is 4.91 Å². The van der Waals surface area contributed by atoms with Crippen molar-refractivity contribution in [2.45, 2.75) is 6.42 Å². The summed E-state index contributed by atoms with van der Waals surface area (Å²) >= 11 is 6.21. The Bertz CT molecular complexity index is 478. The van der Waals surface area contributed by atoms with E-state index in [1.54, 1.807) is 12.1 Å². The fourth-order valence-electron chi connectivity index (χ4n) is 2.61. The van der Waals surface area contributed by atoms with E-state index in [1.807, 2.05) is 0 Å². The summed E-state index contributed by atoms with van der Waals surface area (Å²) < 4.78 is 0. The number of hydrogen-bond donors (Lipinski definition) is 1. The summed E-state index contributed by atoms with van der Waals surface area (Å²) in [5, 5.41) is 3.40. The average Bonchev–Trinajstić information content (AvgIpc) is 2.79. The summed E-state index contributed by atoms with van der Waals surface area (Å²) in [6.45, 7) is 2.99. The lowest BCUT2D eigenvalue weighted by Gasteiger charge is -2.22. The van der Waals surface area contributed by atoms with Gasteiger partial charge in [-0.1, -0.05) is 11.6 Å². The second-order valence-corrected chi connectivity index (χ2v) is 5.72. The molecule has 1 heterocycles. The van der Waals surface area contributed by atoms with Crippen LogP contribution in [-0.2, 0) is 0 Å². The third kappa shape index (κ3) is 3.16. The first-order valence-corrected chi connectivity index (χ1v) is 6.71. The molecule has 1 atom stereocenters. The minimum Gasteiger partial charge on any atom is -0.397 e. The number of halogens is 1. The van der Waals surface area contributed by atoms with Crippen LogP contribution in [0.2, 0.25) is 5.02 Å². The van der Waals surface area contributed by atoms with Gasteiger partial charge in [-0.2, -0.15) is 0 Å². The van der Waals surface area contributed by atoms with Crippen molar-refractivity contribution in [3.8, 4) is 0 Å². The first-order valence-electron chi connectivity index (χ1n) is 6.33. The smallest absolute Gasteiger partial charge is 0.132 e. The summed E-state index contributed by atoms with van der Waals surface area (Å²) in [5.74, 6) is 0.635. The summed E-state index contributed by atoms with van der Waals surface area (Å²) in [6.07, 6.45) is 1.14. The van der Waals surface area contributed by atoms with E-state index < -0.39 is 0 Å². The number of benzene rings is 1. The Morgan fingerprint density at radius 3 is 2.89 bits per heavy atom. The minimum absolute atomic E-state index is 0.206. The fourth-order valence-corrected chi connectivity index (χ4v) is 2.88. The van der Waals surface area contributed by atoms with Crippen LogP contribution in [0, 0.1) is 10.8 Å². The van der Waals surface area contributed by atoms with Gasteiger partial charge in [-0.25, -0.2) is 0 Å². The molecule has 1 aliphatic rings. The van der Waals surface area contributed by atoms with E-state index in [2.05, 4.69) is 29.1 Å². The average molecular weight is 283 g/mol. The molecule has 0 saturated carbocycles. The number of nitrogen functional groups attached to an aromatic ring is 1. The Morgan fingerprint density at radius 2 is 2.26 bits per heavy atom. The number of nitroso groups, excluding NO2 is 1. The Hall–Kier alpha value is -1.33. The highest BCUT2D eigenvalue weighted by atomic mass is 35.5. The molecule has 0 aliphatic carbocycles. The van der Waals surface area contributed by atoms with Crippen molar-refractivity contribution >= 4 is 28.7 Å². The molecule has 2 N–H and O–H groups in total. The van der Waals surface area contributed by atoms with Crippen LogP contribution in [0.3, 0.4) is 0 Å². The third-order valence-electron chi connectivity index (χ3n) is 3.44. The number of nitrogens with two attached hydrogens (primary N) is 1. The van der Waals surface area contributed by atoms with E-state index >= 15 is 0 Å². The van der Waals surface area contributed by atoms with Crippen LogP contribution in [-0.4, -0.2) is 38.6 Å². The normalized spacial score (nSPS) is 19.2. The number of nitrogens with zero attached hydrogens (tertiary/aromatic N) is 3. The maximum Gasteiger partial charge on any atom is 0.132 e. The van der Waals surface area contributed by atoms with Crippen LogP contribution in [0.5, 0.6) is 0 Å². The zero-order chi connectivity index (χ0) is 14.0. The lowest BCUT2D eigenvalue weighted by atomic mass is 10.1. The van der Waals surface area contributed by atoms with Crippen LogP contribution in [0.4, 0.5) is 17.1 Å². The Labute approximate surface area is 118 Å². The van der Waals surface area contributed by atoms with Gasteiger partial charge in [0.1, 0.15) is 5.69 Å². The van der Waals surface area contributed by atoms with Crippen molar-refractivity contribution in [3.63, 3.8) is 0 Å². The first kappa shape index (κ1) is 14.1. The van der Waals surface area contributed by atoms with Crippen LogP contribution in [0.15, 0.2) is 17.3 Å². The van der Waals surface area contributed by atoms with E-state index in [1.165, 1.54) is 0 Å². The van der Waals surface area contributed by atoms with Gasteiger partial charge in [0.2, 0.25) is 0 Å². The molecule has 5 nitrogen and oxygen atoms in total. The van der Waals surface area contributed by atoms with Crippen LogP contribution in [0.1, 0.15) is 6.42 Å². The number of rotatable bonds is 4. The maximum atomic E-state index is 10.6. The fraction of sp³-hybridized carbons (Fsp3) is 0.538. The maximum absolute atomic E-state index is 10.6. The predicted molar refractivity (Wildman–Crippen MR) is 80.2 cm³/mol. The van der Waals surface area contributed by atoms with Gasteiger partial charge in [0.25, 0.3) is 0 Å². The van der Waals surface area contributed by atoms with Gasteiger partial charge in [-0.15, -0.1) is 4.91 Å². The number of hydrogen-bond acceptors (Lipinski definition) is 5. The molecule has 1 saturated heterocycles. The molecule has 1 aromatic rings. The molecule has 1 fully saturated rings. The molecule has 2 rings (SSSR count). The molecule has 0 radical (unpaired) electrons. The quantitative estimate of drug-likeness (QED) is 0.681. The third-order valence-corrected chi connectivity index (χ3v) is 3.75. The van der Waals surface area contributed by atoms with Crippen molar-refractivity contribution < 1.29 is 0 Å². The first-order chi connectivity index (χ1) is 9.01. The van der Waals surface area contributed by atoms with Crippen LogP contribution >= 0.6 is 11.6 Å². The Balaban J connectivity index is 2.15. The van der Waals surface area contributed by atoms with Crippen LogP contribution < -0.4 is 10.6 Å². The number of anilines is 2. The molecule has 0 spiro atoms. The predicted octanol–water partition coefficient (Wildman–Crippen LogP) is 2.71. The van der Waals surface area contributed by atoms with Crippen LogP contribution in [0.25, 0.3) is 0 Å². The topological polar surface area (TPSA) is 61.9 Å². The van der Waals surface area contributed by atoms with Crippen molar-refractivity contribution in [2.75, 3.05) is 44.4 Å². The van der Waals surface area contributed by atoms with Crippen molar-refractivity contribution in [2.24, 2.45) is 11.1 Å². The zero-order valence-electron chi connectivity index (χ0n) is 11.3. The van der Waals surface area contributed by atoms with Crippen molar-refractivity contribution in [1.82, 2.24) is 4.90 Å². The zero-order valence-corrected chi connectivity index (χ0v) is 12.0. The van der Waals surface area contributed by atoms with Gasteiger partial charge in [0.05, 0.1) is 16.4 Å². The van der Waals surface area contributed by atoms with Gasteiger partial charge in [-0.05, 0) is 43.7 Å². The van der Waals surface area contributed by atoms with E-state index in [4.69, 9.17) is 17.3 Å². The molecule has 0 bridgehead atoms. The molecule has 1 aliphatic heterocycles. The van der Waals surface area contributed by atoms with Gasteiger partial charge in [0.15, 0.2) is 0 Å². The Morgan fingerprint density at radius 1 is 1.53 bits per heavy atom. The highest BCUT2D eigenvalue weighted by molar-refractivity contribution is 6.33. The highest BCUT2D eigenvalue weighted by Crippen LogP contribution is 2.37. The van der Waals surface area contributed by atoms with Crippen molar-refractivity contribution in [3.05, 3.63) is 22.1 Å². The standard InChI is InChI=1S/C13H19ClN4O/c1-17(2)7-9-3-4-18(8-9)13-6-11(15)12(16-19)5-10(13)14/h5-6,9H,3-4,7-8,15H2,1-2H3. The van der Waals surface area contributed by atoms with Gasteiger partial charge < -0.3 is 15.5 Å². The molecule has 1 aromatic carbocycles. The molecular formula is C13H19ClN4O. The minimum atomic E-state index is 0.206. The van der Waals surface area contributed by atoms with Gasteiger partial charge in [-0.3, -0.25) is 0 Å². The monoisotopic (exact) mass is 282 g/mol. The highest BCUT2D eigenvalue weighted by Gasteiger charge is 2.25. The molecular weight excluding hydrogens is 264 g/mol. The molecule has 6 heteroatoms. The molecule has 0 amide bonds. The molecule has 104 valence electrons. The lowest BCUT2D eigenvalue weighted by molar-refractivity contribution is 0.340. The van der Waals surface area contributed by atoms with E-state index in [0.29, 0.717) is 16.6 Å². The van der Waals surface area contributed by atoms with E-state index in [-0.39, 0.29) is 5.69 Å². The largest absolute Gasteiger partial charge is 0.397 e. The summed E-state index contributed by atoms with van der Waals surface area (Å²) in [6, 6.07) is 3.29. The SMILES string of the molecule is CN(C)CC1CCN(c2cc(N)c(N=O)cc2Cl)C1. The lowest BCUT2D eigenvalue weighted by Crippen LogP contribution is -2.25. The second kappa shape index (κ2) is 5.75. The second-order valence-electron chi connectivity index (χ2n) is 5.32. The Kier molecular flexibility index (Phi) is 4.27. The summed E-state index contributed by atoms with van der Waals surface area (Å²) in [5.41, 5.74) is 7.28. The molecule has 0 aromatic heterocycles. The molecule has 19 heavy (non-hydrogen) atoms. The van der Waals surface area contributed by atoms with Crippen molar-refractivity contribution in [1.29, 1.82) is 0 Å². The van der Waals surface area contributed by atoms with E-state index in [0.717, 1.165) is 31.7 Å². The van der Waals surface area contributed by atoms with Gasteiger partial charge >= 0.3 is 0 Å². The molecule has 1 unspecified atom stereocenters.